The van der Waals surface area contributed by atoms with Crippen molar-refractivity contribution < 1.29 is 4.74 Å². The van der Waals surface area contributed by atoms with Gasteiger partial charge >= 0.3 is 0 Å². The van der Waals surface area contributed by atoms with Crippen LogP contribution < -0.4 is 4.74 Å². The van der Waals surface area contributed by atoms with Gasteiger partial charge in [-0.3, -0.25) is 0 Å². The van der Waals surface area contributed by atoms with Gasteiger partial charge in [-0.25, -0.2) is 0 Å². The molecule has 0 saturated carbocycles. The Morgan fingerprint density at radius 1 is 0.947 bits per heavy atom. The van der Waals surface area contributed by atoms with Crippen molar-refractivity contribution in [3.63, 3.8) is 0 Å². The number of ether oxygens (including phenoxy) is 1. The van der Waals surface area contributed by atoms with Crippen LogP contribution in [0.2, 0.25) is 0 Å². The molecule has 2 heteroatoms. The van der Waals surface area contributed by atoms with Gasteiger partial charge in [0, 0.05) is 0 Å². The van der Waals surface area contributed by atoms with Crippen molar-refractivity contribution in [3.8, 4) is 5.75 Å². The summed E-state index contributed by atoms with van der Waals surface area (Å²) in [4.78, 5) is 0. The zero-order valence-electron chi connectivity index (χ0n) is 11.8. The average Bonchev–Trinajstić information content (AvgIpc) is 2.38. The highest BCUT2D eigenvalue weighted by molar-refractivity contribution is 6.22. The number of rotatable bonds is 3. The lowest BCUT2D eigenvalue weighted by atomic mass is 9.97. The molecule has 0 spiro atoms. The largest absolute Gasteiger partial charge is 0.496 e. The minimum atomic E-state index is -0.121. The van der Waals surface area contributed by atoms with E-state index in [-0.39, 0.29) is 5.38 Å². The van der Waals surface area contributed by atoms with Crippen molar-refractivity contribution in [2.75, 3.05) is 7.11 Å². The van der Waals surface area contributed by atoms with Gasteiger partial charge in [0.15, 0.2) is 0 Å². The Bertz CT molecular complexity index is 567. The van der Waals surface area contributed by atoms with E-state index in [4.69, 9.17) is 16.3 Å². The number of halogens is 1. The predicted octanol–water partition coefficient (Wildman–Crippen LogP) is 4.95. The first-order chi connectivity index (χ1) is 9.04. The highest BCUT2D eigenvalue weighted by Crippen LogP contribution is 2.34. The Morgan fingerprint density at radius 2 is 1.53 bits per heavy atom. The Hall–Kier alpha value is -1.47. The molecule has 1 nitrogen and oxygen atoms in total. The molecule has 0 bridgehead atoms. The van der Waals surface area contributed by atoms with E-state index in [0.717, 1.165) is 28.0 Å². The van der Waals surface area contributed by atoms with Crippen LogP contribution in [0.5, 0.6) is 5.75 Å². The Morgan fingerprint density at radius 3 is 2.05 bits per heavy atom. The SMILES string of the molecule is COc1c(C)cc(C(Cl)c2ccccc2C)cc1C. The van der Waals surface area contributed by atoms with Crippen LogP contribution in [0.4, 0.5) is 0 Å². The van der Waals surface area contributed by atoms with Crippen LogP contribution in [-0.2, 0) is 0 Å². The van der Waals surface area contributed by atoms with Crippen LogP contribution in [-0.4, -0.2) is 7.11 Å². The van der Waals surface area contributed by atoms with Crippen LogP contribution >= 0.6 is 11.6 Å². The molecule has 0 heterocycles. The molecule has 0 N–H and O–H groups in total. The Labute approximate surface area is 120 Å². The molecule has 2 aromatic carbocycles. The summed E-state index contributed by atoms with van der Waals surface area (Å²) in [5.74, 6) is 0.942. The van der Waals surface area contributed by atoms with Crippen molar-refractivity contribution in [1.29, 1.82) is 0 Å². The van der Waals surface area contributed by atoms with Gasteiger partial charge in [0.2, 0.25) is 0 Å². The van der Waals surface area contributed by atoms with E-state index >= 15 is 0 Å². The molecule has 100 valence electrons. The molecule has 19 heavy (non-hydrogen) atoms. The van der Waals surface area contributed by atoms with Gasteiger partial charge in [0.05, 0.1) is 12.5 Å². The maximum atomic E-state index is 6.64. The Balaban J connectivity index is 2.45. The zero-order chi connectivity index (χ0) is 14.0. The minimum absolute atomic E-state index is 0.121. The number of benzene rings is 2. The quantitative estimate of drug-likeness (QED) is 0.720. The summed E-state index contributed by atoms with van der Waals surface area (Å²) < 4.78 is 5.40. The molecule has 0 aromatic heterocycles. The average molecular weight is 275 g/mol. The van der Waals surface area contributed by atoms with Crippen molar-refractivity contribution in [3.05, 3.63) is 64.2 Å². The fourth-order valence-corrected chi connectivity index (χ4v) is 2.87. The lowest BCUT2D eigenvalue weighted by Crippen LogP contribution is -1.99. The first-order valence-electron chi connectivity index (χ1n) is 6.39. The minimum Gasteiger partial charge on any atom is -0.496 e. The van der Waals surface area contributed by atoms with Crippen LogP contribution in [0, 0.1) is 20.8 Å². The number of hydrogen-bond acceptors (Lipinski definition) is 1. The number of hydrogen-bond donors (Lipinski definition) is 0. The number of alkyl halides is 1. The maximum Gasteiger partial charge on any atom is 0.124 e. The molecule has 2 aromatic rings. The highest BCUT2D eigenvalue weighted by Gasteiger charge is 2.15. The molecular weight excluding hydrogens is 256 g/mol. The first-order valence-corrected chi connectivity index (χ1v) is 6.83. The maximum absolute atomic E-state index is 6.64. The third kappa shape index (κ3) is 2.76. The third-order valence-electron chi connectivity index (χ3n) is 3.44. The van der Waals surface area contributed by atoms with Crippen molar-refractivity contribution in [2.24, 2.45) is 0 Å². The molecule has 0 aliphatic carbocycles. The smallest absolute Gasteiger partial charge is 0.124 e. The fraction of sp³-hybridized carbons (Fsp3) is 0.294. The fourth-order valence-electron chi connectivity index (χ4n) is 2.50. The van der Waals surface area contributed by atoms with Crippen LogP contribution in [0.15, 0.2) is 36.4 Å². The molecular formula is C17H19ClO. The van der Waals surface area contributed by atoms with Crippen molar-refractivity contribution in [2.45, 2.75) is 26.1 Å². The molecule has 0 aliphatic heterocycles. The van der Waals surface area contributed by atoms with E-state index in [1.165, 1.54) is 5.56 Å². The van der Waals surface area contributed by atoms with E-state index in [1.807, 2.05) is 12.1 Å². The van der Waals surface area contributed by atoms with Crippen LogP contribution in [0.25, 0.3) is 0 Å². The van der Waals surface area contributed by atoms with E-state index < -0.39 is 0 Å². The van der Waals surface area contributed by atoms with Crippen LogP contribution in [0.3, 0.4) is 0 Å². The summed E-state index contributed by atoms with van der Waals surface area (Å²) in [6.07, 6.45) is 0. The van der Waals surface area contributed by atoms with Gasteiger partial charge in [-0.2, -0.15) is 0 Å². The second-order valence-corrected chi connectivity index (χ2v) is 5.34. The first kappa shape index (κ1) is 14.0. The summed E-state index contributed by atoms with van der Waals surface area (Å²) in [5.41, 5.74) is 5.74. The Kier molecular flexibility index (Phi) is 4.16. The van der Waals surface area contributed by atoms with E-state index in [1.54, 1.807) is 7.11 Å². The predicted molar refractivity (Wildman–Crippen MR) is 81.3 cm³/mol. The molecule has 1 atom stereocenters. The topological polar surface area (TPSA) is 9.23 Å². The third-order valence-corrected chi connectivity index (χ3v) is 3.93. The van der Waals surface area contributed by atoms with E-state index in [9.17, 15) is 0 Å². The monoisotopic (exact) mass is 274 g/mol. The molecule has 0 fully saturated rings. The van der Waals surface area contributed by atoms with Crippen LogP contribution in [0.1, 0.15) is 33.2 Å². The normalized spacial score (nSPS) is 12.3. The summed E-state index contributed by atoms with van der Waals surface area (Å²) in [6.45, 7) is 6.20. The number of methoxy groups -OCH3 is 1. The molecule has 2 rings (SSSR count). The molecule has 1 unspecified atom stereocenters. The van der Waals surface area contributed by atoms with E-state index in [2.05, 4.69) is 45.0 Å². The van der Waals surface area contributed by atoms with Gasteiger partial charge in [-0.15, -0.1) is 11.6 Å². The van der Waals surface area contributed by atoms with E-state index in [0.29, 0.717) is 0 Å². The molecule has 0 saturated heterocycles. The highest BCUT2D eigenvalue weighted by atomic mass is 35.5. The summed E-state index contributed by atoms with van der Waals surface area (Å²) >= 11 is 6.64. The van der Waals surface area contributed by atoms with Gasteiger partial charge < -0.3 is 4.74 Å². The second-order valence-electron chi connectivity index (χ2n) is 4.91. The van der Waals surface area contributed by atoms with Gasteiger partial charge in [0.1, 0.15) is 5.75 Å². The lowest BCUT2D eigenvalue weighted by Gasteiger charge is -2.16. The summed E-state index contributed by atoms with van der Waals surface area (Å²) in [5, 5.41) is -0.121. The molecule has 0 amide bonds. The molecule has 0 radical (unpaired) electrons. The standard InChI is InChI=1S/C17H19ClO/c1-11-7-5-6-8-15(11)16(18)14-9-12(2)17(19-4)13(3)10-14/h5-10,16H,1-4H3. The lowest BCUT2D eigenvalue weighted by molar-refractivity contribution is 0.408. The van der Waals surface area contributed by atoms with Gasteiger partial charge in [0.25, 0.3) is 0 Å². The van der Waals surface area contributed by atoms with Gasteiger partial charge in [-0.1, -0.05) is 36.4 Å². The number of aryl methyl sites for hydroxylation is 3. The molecule has 0 aliphatic rings. The summed E-state index contributed by atoms with van der Waals surface area (Å²) in [7, 11) is 1.70. The summed E-state index contributed by atoms with van der Waals surface area (Å²) in [6, 6.07) is 12.5. The zero-order valence-corrected chi connectivity index (χ0v) is 12.6. The van der Waals surface area contributed by atoms with Crippen molar-refractivity contribution in [1.82, 2.24) is 0 Å². The van der Waals surface area contributed by atoms with Gasteiger partial charge in [-0.05, 0) is 48.6 Å². The van der Waals surface area contributed by atoms with Crippen molar-refractivity contribution >= 4 is 11.6 Å². The second kappa shape index (κ2) is 5.66.